The van der Waals surface area contributed by atoms with Gasteiger partial charge in [0.2, 0.25) is 5.91 Å². The first kappa shape index (κ1) is 23.5. The van der Waals surface area contributed by atoms with E-state index in [4.69, 9.17) is 0 Å². The van der Waals surface area contributed by atoms with E-state index in [0.717, 1.165) is 22.5 Å². The van der Waals surface area contributed by atoms with Crippen molar-refractivity contribution in [2.45, 2.75) is 45.1 Å². The number of hydrogen-bond acceptors (Lipinski definition) is 5. The molecule has 36 heavy (non-hydrogen) atoms. The van der Waals surface area contributed by atoms with Crippen molar-refractivity contribution in [2.75, 3.05) is 10.2 Å². The number of aryl methyl sites for hydroxylation is 1. The van der Waals surface area contributed by atoms with Crippen molar-refractivity contribution in [3.63, 3.8) is 0 Å². The topological polar surface area (TPSA) is 92.6 Å². The Morgan fingerprint density at radius 2 is 1.78 bits per heavy atom. The highest BCUT2D eigenvalue weighted by molar-refractivity contribution is 6.06. The summed E-state index contributed by atoms with van der Waals surface area (Å²) in [5.74, 6) is -0.230. The maximum absolute atomic E-state index is 13.9. The van der Waals surface area contributed by atoms with Crippen molar-refractivity contribution in [2.24, 2.45) is 0 Å². The second-order valence-corrected chi connectivity index (χ2v) is 9.35. The van der Waals surface area contributed by atoms with Gasteiger partial charge in [-0.15, -0.1) is 0 Å². The summed E-state index contributed by atoms with van der Waals surface area (Å²) in [6.07, 6.45) is 1.13. The molecule has 1 aliphatic carbocycles. The van der Waals surface area contributed by atoms with Crippen molar-refractivity contribution in [3.8, 4) is 0 Å². The molecule has 2 atom stereocenters. The first-order chi connectivity index (χ1) is 17.4. The van der Waals surface area contributed by atoms with Gasteiger partial charge in [-0.1, -0.05) is 61.0 Å². The van der Waals surface area contributed by atoms with Gasteiger partial charge in [0.1, 0.15) is 0 Å². The molecule has 182 valence electrons. The van der Waals surface area contributed by atoms with Crippen LogP contribution in [0.25, 0.3) is 0 Å². The zero-order valence-electron chi connectivity index (χ0n) is 20.2. The van der Waals surface area contributed by atoms with E-state index in [1.54, 1.807) is 24.0 Å². The zero-order chi connectivity index (χ0) is 25.4. The van der Waals surface area contributed by atoms with Gasteiger partial charge in [0.15, 0.2) is 5.78 Å². The van der Waals surface area contributed by atoms with Crippen LogP contribution in [0.4, 0.5) is 17.1 Å². The maximum atomic E-state index is 13.9. The molecule has 0 spiro atoms. The summed E-state index contributed by atoms with van der Waals surface area (Å²) < 4.78 is 0. The highest BCUT2D eigenvalue weighted by atomic mass is 16.6. The number of Topliss-reactive ketones (excluding diaryl/α,β-unsaturated/α-hetero) is 1. The Hall–Kier alpha value is -4.26. The number of anilines is 2. The van der Waals surface area contributed by atoms with Crippen LogP contribution in [0.15, 0.2) is 84.1 Å². The van der Waals surface area contributed by atoms with E-state index in [0.29, 0.717) is 29.7 Å². The highest BCUT2D eigenvalue weighted by Crippen LogP contribution is 2.47. The van der Waals surface area contributed by atoms with Crippen LogP contribution in [0.1, 0.15) is 54.8 Å². The van der Waals surface area contributed by atoms with E-state index in [1.165, 1.54) is 12.1 Å². The van der Waals surface area contributed by atoms with Crippen LogP contribution in [-0.4, -0.2) is 16.6 Å². The van der Waals surface area contributed by atoms with Crippen molar-refractivity contribution in [3.05, 3.63) is 111 Å². The van der Waals surface area contributed by atoms with Gasteiger partial charge >= 0.3 is 0 Å². The van der Waals surface area contributed by atoms with Gasteiger partial charge in [-0.2, -0.15) is 0 Å². The van der Waals surface area contributed by atoms with Gasteiger partial charge in [-0.05, 0) is 42.5 Å². The van der Waals surface area contributed by atoms with E-state index in [-0.39, 0.29) is 29.7 Å². The Morgan fingerprint density at radius 1 is 1.03 bits per heavy atom. The van der Waals surface area contributed by atoms with Crippen LogP contribution in [-0.2, 0) is 9.59 Å². The summed E-state index contributed by atoms with van der Waals surface area (Å²) >= 11 is 0. The molecule has 0 fully saturated rings. The fourth-order valence-corrected chi connectivity index (χ4v) is 5.23. The SMILES string of the molecule is CCC(=O)N1c2ccccc2NC2=C(C(=O)C[C@@H](c3ccc(C)cc3)C2)[C@@H]1c1cccc([N+](=O)[O-])c1. The van der Waals surface area contributed by atoms with Gasteiger partial charge < -0.3 is 5.32 Å². The molecule has 2 aliphatic rings. The number of fused-ring (bicyclic) bond motifs is 1. The van der Waals surface area contributed by atoms with Crippen LogP contribution in [0, 0.1) is 17.0 Å². The van der Waals surface area contributed by atoms with E-state index in [1.807, 2.05) is 43.3 Å². The number of nitrogens with one attached hydrogen (secondary N) is 1. The number of carbonyl (C=O) groups excluding carboxylic acids is 2. The molecule has 0 saturated heterocycles. The summed E-state index contributed by atoms with van der Waals surface area (Å²) in [6, 6.07) is 21.2. The number of hydrogen-bond donors (Lipinski definition) is 1. The molecule has 1 N–H and O–H groups in total. The van der Waals surface area contributed by atoms with Crippen LogP contribution in [0.2, 0.25) is 0 Å². The van der Waals surface area contributed by atoms with Crippen molar-refractivity contribution < 1.29 is 14.5 Å². The van der Waals surface area contributed by atoms with E-state index < -0.39 is 11.0 Å². The standard InChI is InChI=1S/C29H27N3O4/c1-3-27(34)31-25-10-5-4-9-23(25)30-24-16-21(19-13-11-18(2)12-14-19)17-26(33)28(24)29(31)20-7-6-8-22(15-20)32(35)36/h4-15,21,29-30H,3,16-17H2,1-2H3/t21-,29-/m0/s1. The van der Waals surface area contributed by atoms with E-state index in [9.17, 15) is 19.7 Å². The predicted octanol–water partition coefficient (Wildman–Crippen LogP) is 6.21. The molecule has 7 heteroatoms. The zero-order valence-corrected chi connectivity index (χ0v) is 20.2. The molecule has 1 amide bonds. The van der Waals surface area contributed by atoms with Crippen molar-refractivity contribution in [1.29, 1.82) is 0 Å². The molecule has 7 nitrogen and oxygen atoms in total. The smallest absolute Gasteiger partial charge is 0.269 e. The number of rotatable bonds is 4. The van der Waals surface area contributed by atoms with Gasteiger partial charge in [0.05, 0.1) is 22.3 Å². The number of nitrogens with zero attached hydrogens (tertiary/aromatic N) is 2. The number of allylic oxidation sites excluding steroid dienone is 1. The Bertz CT molecular complexity index is 1390. The lowest BCUT2D eigenvalue weighted by Crippen LogP contribution is -2.38. The fourth-order valence-electron chi connectivity index (χ4n) is 5.23. The number of nitro groups is 1. The third-order valence-electron chi connectivity index (χ3n) is 7.01. The molecule has 0 radical (unpaired) electrons. The Kier molecular flexibility index (Phi) is 6.14. The third-order valence-corrected chi connectivity index (χ3v) is 7.01. The molecular formula is C29H27N3O4. The normalized spacial score (nSPS) is 19.2. The number of ketones is 1. The largest absolute Gasteiger partial charge is 0.357 e. The van der Waals surface area contributed by atoms with Crippen LogP contribution < -0.4 is 10.2 Å². The minimum Gasteiger partial charge on any atom is -0.357 e. The third kappa shape index (κ3) is 4.17. The van der Waals surface area contributed by atoms with Crippen molar-refractivity contribution >= 4 is 28.8 Å². The van der Waals surface area contributed by atoms with E-state index in [2.05, 4.69) is 17.4 Å². The van der Waals surface area contributed by atoms with Gasteiger partial charge in [-0.3, -0.25) is 24.6 Å². The average molecular weight is 482 g/mol. The monoisotopic (exact) mass is 481 g/mol. The predicted molar refractivity (Wildman–Crippen MR) is 139 cm³/mol. The number of para-hydroxylation sites is 2. The molecule has 3 aromatic carbocycles. The number of amides is 1. The maximum Gasteiger partial charge on any atom is 0.269 e. The fraction of sp³-hybridized carbons (Fsp3) is 0.241. The molecule has 1 aliphatic heterocycles. The van der Waals surface area contributed by atoms with Gasteiger partial charge in [-0.25, -0.2) is 0 Å². The summed E-state index contributed by atoms with van der Waals surface area (Å²) in [6.45, 7) is 3.81. The van der Waals surface area contributed by atoms with Crippen LogP contribution in [0.3, 0.4) is 0 Å². The number of non-ortho nitro benzene ring substituents is 1. The van der Waals surface area contributed by atoms with Gasteiger partial charge in [0.25, 0.3) is 5.69 Å². The quantitative estimate of drug-likeness (QED) is 0.353. The van der Waals surface area contributed by atoms with Crippen LogP contribution in [0.5, 0.6) is 0 Å². The van der Waals surface area contributed by atoms with Crippen molar-refractivity contribution in [1.82, 2.24) is 0 Å². The number of nitro benzene ring substituents is 1. The second-order valence-electron chi connectivity index (χ2n) is 9.35. The molecule has 5 rings (SSSR count). The Morgan fingerprint density at radius 3 is 2.50 bits per heavy atom. The second kappa shape index (κ2) is 9.41. The minimum absolute atomic E-state index is 0.00398. The molecule has 0 unspecified atom stereocenters. The first-order valence-electron chi connectivity index (χ1n) is 12.1. The summed E-state index contributed by atoms with van der Waals surface area (Å²) in [5, 5.41) is 15.1. The number of benzene rings is 3. The molecular weight excluding hydrogens is 454 g/mol. The summed E-state index contributed by atoms with van der Waals surface area (Å²) in [5.41, 5.74) is 5.34. The summed E-state index contributed by atoms with van der Waals surface area (Å²) in [4.78, 5) is 40.0. The molecule has 3 aromatic rings. The Labute approximate surface area is 209 Å². The molecule has 0 aromatic heterocycles. The lowest BCUT2D eigenvalue weighted by molar-refractivity contribution is -0.384. The Balaban J connectivity index is 1.72. The van der Waals surface area contributed by atoms with Crippen LogP contribution >= 0.6 is 0 Å². The first-order valence-corrected chi connectivity index (χ1v) is 12.1. The van der Waals surface area contributed by atoms with Gasteiger partial charge in [0, 0.05) is 36.2 Å². The average Bonchev–Trinajstić information content (AvgIpc) is 3.03. The molecule has 0 saturated carbocycles. The van der Waals surface area contributed by atoms with E-state index >= 15 is 0 Å². The summed E-state index contributed by atoms with van der Waals surface area (Å²) in [7, 11) is 0. The molecule has 1 heterocycles. The number of carbonyl (C=O) groups is 2. The lowest BCUT2D eigenvalue weighted by Gasteiger charge is -2.35. The lowest BCUT2D eigenvalue weighted by atomic mass is 9.78. The highest BCUT2D eigenvalue weighted by Gasteiger charge is 2.41. The molecule has 0 bridgehead atoms. The minimum atomic E-state index is -0.769.